The minimum atomic E-state index is -0.0315. The highest BCUT2D eigenvalue weighted by Gasteiger charge is 2.20. The highest BCUT2D eigenvalue weighted by atomic mass is 35.5. The van der Waals surface area contributed by atoms with E-state index in [0.717, 1.165) is 31.5 Å². The number of aliphatic hydroxyl groups excluding tert-OH is 1. The van der Waals surface area contributed by atoms with Gasteiger partial charge in [0.15, 0.2) is 0 Å². The number of aliphatic hydroxyl groups is 1. The van der Waals surface area contributed by atoms with Crippen molar-refractivity contribution in [2.24, 2.45) is 0 Å². The summed E-state index contributed by atoms with van der Waals surface area (Å²) in [5.41, 5.74) is 0.845. The Balaban J connectivity index is 1.74. The van der Waals surface area contributed by atoms with Crippen molar-refractivity contribution in [3.05, 3.63) is 33.8 Å². The Labute approximate surface area is 141 Å². The maximum Gasteiger partial charge on any atom is 0.224 e. The van der Waals surface area contributed by atoms with Crippen molar-refractivity contribution in [1.82, 2.24) is 10.2 Å². The molecule has 1 aliphatic heterocycles. The van der Waals surface area contributed by atoms with E-state index in [9.17, 15) is 9.90 Å². The Morgan fingerprint density at radius 2 is 2.14 bits per heavy atom. The minimum absolute atomic E-state index is 0.0315. The molecule has 2 rings (SSSR count). The molecule has 2 N–H and O–H groups in total. The molecule has 1 fully saturated rings. The van der Waals surface area contributed by atoms with Crippen LogP contribution in [0.15, 0.2) is 18.2 Å². The van der Waals surface area contributed by atoms with E-state index in [-0.39, 0.29) is 18.6 Å². The molecule has 1 atom stereocenters. The predicted molar refractivity (Wildman–Crippen MR) is 89.5 cm³/mol. The van der Waals surface area contributed by atoms with Gasteiger partial charge < -0.3 is 10.4 Å². The zero-order valence-electron chi connectivity index (χ0n) is 12.5. The van der Waals surface area contributed by atoms with Gasteiger partial charge in [-0.05, 0) is 37.1 Å². The third-order valence-electron chi connectivity index (χ3n) is 4.03. The van der Waals surface area contributed by atoms with Crippen LogP contribution in [-0.2, 0) is 11.2 Å². The molecule has 0 bridgehead atoms. The van der Waals surface area contributed by atoms with Crippen LogP contribution in [0.5, 0.6) is 0 Å². The number of carbonyl (C=O) groups excluding carboxylic acids is 1. The molecule has 4 nitrogen and oxygen atoms in total. The highest BCUT2D eigenvalue weighted by molar-refractivity contribution is 6.42. The number of nitrogens with one attached hydrogen (secondary N) is 1. The van der Waals surface area contributed by atoms with Gasteiger partial charge in [0, 0.05) is 19.1 Å². The van der Waals surface area contributed by atoms with Crippen molar-refractivity contribution in [2.45, 2.75) is 31.7 Å². The van der Waals surface area contributed by atoms with Crippen LogP contribution in [0.25, 0.3) is 0 Å². The molecule has 0 aromatic heterocycles. The van der Waals surface area contributed by atoms with E-state index in [4.69, 9.17) is 23.2 Å². The topological polar surface area (TPSA) is 52.6 Å². The fourth-order valence-electron chi connectivity index (χ4n) is 2.80. The Hall–Kier alpha value is -0.810. The number of halogens is 2. The normalized spacial score (nSPS) is 19.1. The molecule has 1 heterocycles. The van der Waals surface area contributed by atoms with Gasteiger partial charge in [-0.15, -0.1) is 0 Å². The van der Waals surface area contributed by atoms with Gasteiger partial charge >= 0.3 is 0 Å². The van der Waals surface area contributed by atoms with Crippen LogP contribution in [0.3, 0.4) is 0 Å². The van der Waals surface area contributed by atoms with Gasteiger partial charge in [0.1, 0.15) is 0 Å². The summed E-state index contributed by atoms with van der Waals surface area (Å²) in [4.78, 5) is 14.2. The summed E-state index contributed by atoms with van der Waals surface area (Å²) in [5, 5.41) is 13.2. The largest absolute Gasteiger partial charge is 0.395 e. The van der Waals surface area contributed by atoms with E-state index in [1.807, 2.05) is 0 Å². The summed E-state index contributed by atoms with van der Waals surface area (Å²) >= 11 is 11.8. The lowest BCUT2D eigenvalue weighted by Crippen LogP contribution is -2.45. The molecule has 1 aromatic rings. The number of amides is 1. The van der Waals surface area contributed by atoms with E-state index in [1.54, 1.807) is 18.2 Å². The minimum Gasteiger partial charge on any atom is -0.395 e. The maximum absolute atomic E-state index is 11.9. The monoisotopic (exact) mass is 344 g/mol. The van der Waals surface area contributed by atoms with E-state index in [1.165, 1.54) is 6.42 Å². The Bertz CT molecular complexity index is 511. The first-order valence-corrected chi connectivity index (χ1v) is 8.41. The molecule has 1 unspecified atom stereocenters. The average Bonchev–Trinajstić information content (AvgIpc) is 2.51. The van der Waals surface area contributed by atoms with E-state index < -0.39 is 0 Å². The second-order valence-electron chi connectivity index (χ2n) is 5.64. The number of hydrogen-bond donors (Lipinski definition) is 2. The standard InChI is InChI=1S/C16H22Cl2N2O2/c17-14-5-4-12(9-15(14)18)10-16(22)19-6-8-20-7-2-1-3-13(20)11-21/h4-5,9,13,21H,1-3,6-8,10-11H2,(H,19,22). The SMILES string of the molecule is O=C(Cc1ccc(Cl)c(Cl)c1)NCCN1CCCCC1CO. The predicted octanol–water partition coefficient (Wildman–Crippen LogP) is 2.50. The summed E-state index contributed by atoms with van der Waals surface area (Å²) < 4.78 is 0. The van der Waals surface area contributed by atoms with Gasteiger partial charge in [-0.2, -0.15) is 0 Å². The summed E-state index contributed by atoms with van der Waals surface area (Å²) in [6, 6.07) is 5.46. The molecule has 1 saturated heterocycles. The summed E-state index contributed by atoms with van der Waals surface area (Å²) in [6.45, 7) is 2.56. The Morgan fingerprint density at radius 1 is 1.32 bits per heavy atom. The molecule has 0 aliphatic carbocycles. The van der Waals surface area contributed by atoms with Gasteiger partial charge in [0.2, 0.25) is 5.91 Å². The first-order valence-electron chi connectivity index (χ1n) is 7.65. The van der Waals surface area contributed by atoms with Crippen molar-refractivity contribution in [3.63, 3.8) is 0 Å². The summed E-state index contributed by atoms with van der Waals surface area (Å²) in [5.74, 6) is -0.0315. The van der Waals surface area contributed by atoms with Crippen molar-refractivity contribution < 1.29 is 9.90 Å². The third-order valence-corrected chi connectivity index (χ3v) is 4.77. The summed E-state index contributed by atoms with van der Waals surface area (Å²) in [7, 11) is 0. The van der Waals surface area contributed by atoms with Gasteiger partial charge in [-0.25, -0.2) is 0 Å². The first kappa shape index (κ1) is 17.5. The molecule has 6 heteroatoms. The van der Waals surface area contributed by atoms with Crippen molar-refractivity contribution in [2.75, 3.05) is 26.2 Å². The zero-order chi connectivity index (χ0) is 15.9. The second kappa shape index (κ2) is 8.73. The first-order chi connectivity index (χ1) is 10.6. The Kier molecular flexibility index (Phi) is 6.96. The quantitative estimate of drug-likeness (QED) is 0.833. The lowest BCUT2D eigenvalue weighted by molar-refractivity contribution is -0.120. The molecule has 1 aliphatic rings. The average molecular weight is 345 g/mol. The molecule has 1 amide bonds. The lowest BCUT2D eigenvalue weighted by atomic mass is 10.0. The second-order valence-corrected chi connectivity index (χ2v) is 6.46. The Morgan fingerprint density at radius 3 is 2.86 bits per heavy atom. The van der Waals surface area contributed by atoms with Crippen molar-refractivity contribution >= 4 is 29.1 Å². The molecular weight excluding hydrogens is 323 g/mol. The van der Waals surface area contributed by atoms with Gasteiger partial charge in [0.25, 0.3) is 0 Å². The molecule has 0 radical (unpaired) electrons. The lowest BCUT2D eigenvalue weighted by Gasteiger charge is -2.34. The van der Waals surface area contributed by atoms with Crippen LogP contribution in [-0.4, -0.2) is 48.2 Å². The molecule has 0 saturated carbocycles. The smallest absolute Gasteiger partial charge is 0.224 e. The van der Waals surface area contributed by atoms with Crippen LogP contribution in [0.1, 0.15) is 24.8 Å². The summed E-state index contributed by atoms with van der Waals surface area (Å²) in [6.07, 6.45) is 3.66. The number of benzene rings is 1. The van der Waals surface area contributed by atoms with Crippen molar-refractivity contribution in [1.29, 1.82) is 0 Å². The molecule has 1 aromatic carbocycles. The fourth-order valence-corrected chi connectivity index (χ4v) is 3.12. The van der Waals surface area contributed by atoms with E-state index in [0.29, 0.717) is 23.0 Å². The zero-order valence-corrected chi connectivity index (χ0v) is 14.0. The van der Waals surface area contributed by atoms with Crippen LogP contribution < -0.4 is 5.32 Å². The van der Waals surface area contributed by atoms with Gasteiger partial charge in [0.05, 0.1) is 23.1 Å². The van der Waals surface area contributed by atoms with Crippen LogP contribution in [0, 0.1) is 0 Å². The molecular formula is C16H22Cl2N2O2. The van der Waals surface area contributed by atoms with Crippen molar-refractivity contribution in [3.8, 4) is 0 Å². The maximum atomic E-state index is 11.9. The van der Waals surface area contributed by atoms with Crippen LogP contribution in [0.2, 0.25) is 10.0 Å². The number of piperidine rings is 1. The number of carbonyl (C=O) groups is 1. The van der Waals surface area contributed by atoms with Gasteiger partial charge in [-0.3, -0.25) is 9.69 Å². The number of nitrogens with zero attached hydrogens (tertiary/aromatic N) is 1. The fraction of sp³-hybridized carbons (Fsp3) is 0.562. The van der Waals surface area contributed by atoms with Gasteiger partial charge in [-0.1, -0.05) is 35.7 Å². The third kappa shape index (κ3) is 5.13. The van der Waals surface area contributed by atoms with E-state index in [2.05, 4.69) is 10.2 Å². The molecule has 22 heavy (non-hydrogen) atoms. The number of likely N-dealkylation sites (tertiary alicyclic amines) is 1. The highest BCUT2D eigenvalue weighted by Crippen LogP contribution is 2.22. The number of hydrogen-bond acceptors (Lipinski definition) is 3. The molecule has 122 valence electrons. The van der Waals surface area contributed by atoms with E-state index >= 15 is 0 Å². The van der Waals surface area contributed by atoms with Crippen LogP contribution in [0.4, 0.5) is 0 Å². The van der Waals surface area contributed by atoms with Crippen LogP contribution >= 0.6 is 23.2 Å². The number of rotatable bonds is 6. The molecule has 0 spiro atoms.